The molecule has 6 heteroatoms. The summed E-state index contributed by atoms with van der Waals surface area (Å²) in [6.07, 6.45) is 4.05. The van der Waals surface area contributed by atoms with E-state index < -0.39 is 0 Å². The number of likely N-dealkylation sites (tertiary alicyclic amines) is 1. The van der Waals surface area contributed by atoms with Crippen molar-refractivity contribution in [3.05, 3.63) is 52.7 Å². The minimum atomic E-state index is -0.140. The maximum atomic E-state index is 12.4. The van der Waals surface area contributed by atoms with E-state index in [1.807, 2.05) is 31.2 Å². The fraction of sp³-hybridized carbons (Fsp3) is 0.444. The molecule has 1 aromatic heterocycles. The van der Waals surface area contributed by atoms with Crippen LogP contribution in [0.3, 0.4) is 0 Å². The zero-order valence-corrected chi connectivity index (χ0v) is 14.6. The summed E-state index contributed by atoms with van der Waals surface area (Å²) >= 11 is 5.93. The molecule has 0 aliphatic carbocycles. The summed E-state index contributed by atoms with van der Waals surface area (Å²) in [6.45, 7) is 4.70. The Bertz CT molecular complexity index is 684. The topological polar surface area (TPSA) is 58.4 Å². The Hall–Kier alpha value is -1.85. The summed E-state index contributed by atoms with van der Waals surface area (Å²) in [5.74, 6) is 0.500. The number of hydrogen-bond donors (Lipinski definition) is 1. The summed E-state index contributed by atoms with van der Waals surface area (Å²) in [6, 6.07) is 8.06. The molecule has 24 heavy (non-hydrogen) atoms. The fourth-order valence-electron chi connectivity index (χ4n) is 3.13. The number of hydrogen-bond acceptors (Lipinski definition) is 4. The Morgan fingerprint density at radius 3 is 2.96 bits per heavy atom. The molecule has 3 rings (SSSR count). The van der Waals surface area contributed by atoms with Crippen molar-refractivity contribution in [2.45, 2.75) is 38.8 Å². The summed E-state index contributed by atoms with van der Waals surface area (Å²) in [4.78, 5) is 18.8. The van der Waals surface area contributed by atoms with Crippen molar-refractivity contribution in [1.29, 1.82) is 0 Å². The molecule has 1 atom stereocenters. The highest BCUT2D eigenvalue weighted by atomic mass is 35.5. The van der Waals surface area contributed by atoms with Gasteiger partial charge in [-0.25, -0.2) is 4.98 Å². The fourth-order valence-corrected chi connectivity index (χ4v) is 3.25. The maximum absolute atomic E-state index is 12.4. The van der Waals surface area contributed by atoms with Crippen LogP contribution in [0.1, 0.15) is 41.6 Å². The van der Waals surface area contributed by atoms with E-state index in [1.54, 1.807) is 0 Å². The van der Waals surface area contributed by atoms with Gasteiger partial charge in [0.05, 0.1) is 0 Å². The molecule has 1 aliphatic heterocycles. The molecular weight excluding hydrogens is 326 g/mol. The van der Waals surface area contributed by atoms with Crippen LogP contribution in [-0.2, 0) is 13.0 Å². The van der Waals surface area contributed by atoms with Gasteiger partial charge in [0.2, 0.25) is 0 Å². The summed E-state index contributed by atoms with van der Waals surface area (Å²) in [7, 11) is 0. The van der Waals surface area contributed by atoms with E-state index in [9.17, 15) is 4.79 Å². The van der Waals surface area contributed by atoms with Crippen LogP contribution in [0.15, 0.2) is 35.1 Å². The van der Waals surface area contributed by atoms with Crippen LogP contribution < -0.4 is 5.32 Å². The number of oxazole rings is 1. The van der Waals surface area contributed by atoms with Crippen LogP contribution in [0.25, 0.3) is 0 Å². The molecule has 0 spiro atoms. The zero-order valence-electron chi connectivity index (χ0n) is 13.8. The molecule has 0 bridgehead atoms. The number of carbonyl (C=O) groups is 1. The molecule has 1 aliphatic rings. The van der Waals surface area contributed by atoms with Crippen molar-refractivity contribution in [3.8, 4) is 0 Å². The summed E-state index contributed by atoms with van der Waals surface area (Å²) in [5.41, 5.74) is 1.64. The average Bonchev–Trinajstić information content (AvgIpc) is 3.06. The molecule has 0 radical (unpaired) electrons. The number of piperidine rings is 1. The molecule has 1 saturated heterocycles. The lowest BCUT2D eigenvalue weighted by atomic mass is 10.0. The average molecular weight is 348 g/mol. The molecule has 1 aromatic carbocycles. The number of nitrogens with one attached hydrogen (secondary N) is 1. The van der Waals surface area contributed by atoms with Crippen LogP contribution in [0.2, 0.25) is 5.02 Å². The zero-order chi connectivity index (χ0) is 16.9. The summed E-state index contributed by atoms with van der Waals surface area (Å²) in [5, 5.41) is 3.85. The van der Waals surface area contributed by atoms with Gasteiger partial charge < -0.3 is 9.73 Å². The van der Waals surface area contributed by atoms with Crippen molar-refractivity contribution in [2.75, 3.05) is 13.1 Å². The summed E-state index contributed by atoms with van der Waals surface area (Å²) < 4.78 is 5.24. The standard InChI is InChI=1S/C18H22ClN3O2/c1-2-16-17(20-12-24-16)18(23)21-15-4-3-9-22(11-15)10-13-5-7-14(19)8-6-13/h5-8,12,15H,2-4,9-11H2,1H3,(H,21,23)/t15-/m0/s1. The van der Waals surface area contributed by atoms with E-state index in [4.69, 9.17) is 16.0 Å². The highest BCUT2D eigenvalue weighted by Crippen LogP contribution is 2.16. The monoisotopic (exact) mass is 347 g/mol. The number of nitrogens with zero attached hydrogens (tertiary/aromatic N) is 2. The van der Waals surface area contributed by atoms with E-state index in [-0.39, 0.29) is 11.9 Å². The first kappa shape index (κ1) is 17.0. The largest absolute Gasteiger partial charge is 0.448 e. The number of carbonyl (C=O) groups excluding carboxylic acids is 1. The van der Waals surface area contributed by atoms with Crippen LogP contribution in [0.5, 0.6) is 0 Å². The number of aryl methyl sites for hydroxylation is 1. The van der Waals surface area contributed by atoms with Gasteiger partial charge in [-0.05, 0) is 37.1 Å². The smallest absolute Gasteiger partial charge is 0.273 e. The molecule has 0 saturated carbocycles. The second-order valence-electron chi connectivity index (χ2n) is 6.15. The third-order valence-corrected chi connectivity index (χ3v) is 4.59. The molecule has 128 valence electrons. The first-order chi connectivity index (χ1) is 11.7. The molecule has 1 fully saturated rings. The van der Waals surface area contributed by atoms with Crippen molar-refractivity contribution in [3.63, 3.8) is 0 Å². The lowest BCUT2D eigenvalue weighted by molar-refractivity contribution is 0.0894. The second kappa shape index (κ2) is 7.81. The van der Waals surface area contributed by atoms with E-state index in [1.165, 1.54) is 12.0 Å². The van der Waals surface area contributed by atoms with Crippen LogP contribution in [0.4, 0.5) is 0 Å². The molecular formula is C18H22ClN3O2. The molecule has 0 unspecified atom stereocenters. The Labute approximate surface area is 147 Å². The van der Waals surface area contributed by atoms with Gasteiger partial charge >= 0.3 is 0 Å². The van der Waals surface area contributed by atoms with Gasteiger partial charge in [0.1, 0.15) is 5.76 Å². The highest BCUT2D eigenvalue weighted by molar-refractivity contribution is 6.30. The first-order valence-corrected chi connectivity index (χ1v) is 8.73. The number of benzene rings is 1. The lowest BCUT2D eigenvalue weighted by Gasteiger charge is -2.33. The third-order valence-electron chi connectivity index (χ3n) is 4.34. The Morgan fingerprint density at radius 2 is 2.21 bits per heavy atom. The van der Waals surface area contributed by atoms with E-state index in [2.05, 4.69) is 15.2 Å². The van der Waals surface area contributed by atoms with Crippen LogP contribution in [-0.4, -0.2) is 34.9 Å². The van der Waals surface area contributed by atoms with Gasteiger partial charge in [-0.2, -0.15) is 0 Å². The van der Waals surface area contributed by atoms with Gasteiger partial charge in [-0.1, -0.05) is 30.7 Å². The molecule has 1 N–H and O–H groups in total. The quantitative estimate of drug-likeness (QED) is 0.901. The third kappa shape index (κ3) is 4.16. The van der Waals surface area contributed by atoms with Crippen LogP contribution in [0, 0.1) is 0 Å². The second-order valence-corrected chi connectivity index (χ2v) is 6.59. The van der Waals surface area contributed by atoms with Crippen LogP contribution >= 0.6 is 11.6 Å². The van der Waals surface area contributed by atoms with Gasteiger partial charge in [0.15, 0.2) is 12.1 Å². The van der Waals surface area contributed by atoms with E-state index >= 15 is 0 Å². The van der Waals surface area contributed by atoms with Gasteiger partial charge in [0, 0.05) is 30.6 Å². The Balaban J connectivity index is 1.57. The van der Waals surface area contributed by atoms with Crippen molar-refractivity contribution >= 4 is 17.5 Å². The highest BCUT2D eigenvalue weighted by Gasteiger charge is 2.24. The van der Waals surface area contributed by atoms with Crippen molar-refractivity contribution < 1.29 is 9.21 Å². The molecule has 1 amide bonds. The normalized spacial score (nSPS) is 18.5. The number of amides is 1. The molecule has 2 aromatic rings. The Morgan fingerprint density at radius 1 is 1.42 bits per heavy atom. The predicted molar refractivity (Wildman–Crippen MR) is 93.1 cm³/mol. The molecule has 2 heterocycles. The Kier molecular flexibility index (Phi) is 5.53. The maximum Gasteiger partial charge on any atom is 0.273 e. The minimum absolute atomic E-state index is 0.139. The molecule has 5 nitrogen and oxygen atoms in total. The number of rotatable bonds is 5. The number of halogens is 1. The van der Waals surface area contributed by atoms with E-state index in [0.29, 0.717) is 17.9 Å². The van der Waals surface area contributed by atoms with Gasteiger partial charge in [0.25, 0.3) is 5.91 Å². The van der Waals surface area contributed by atoms with Crippen molar-refractivity contribution in [2.24, 2.45) is 0 Å². The predicted octanol–water partition coefficient (Wildman–Crippen LogP) is 3.28. The van der Waals surface area contributed by atoms with Crippen molar-refractivity contribution in [1.82, 2.24) is 15.2 Å². The van der Waals surface area contributed by atoms with E-state index in [0.717, 1.165) is 37.5 Å². The van der Waals surface area contributed by atoms with Gasteiger partial charge in [-0.3, -0.25) is 9.69 Å². The first-order valence-electron chi connectivity index (χ1n) is 8.35. The number of aromatic nitrogens is 1. The lowest BCUT2D eigenvalue weighted by Crippen LogP contribution is -2.47. The SMILES string of the molecule is CCc1ocnc1C(=O)N[C@H]1CCCN(Cc2ccc(Cl)cc2)C1. The minimum Gasteiger partial charge on any atom is -0.448 e. The van der Waals surface area contributed by atoms with Gasteiger partial charge in [-0.15, -0.1) is 0 Å².